The summed E-state index contributed by atoms with van der Waals surface area (Å²) in [7, 11) is 0. The number of hydrogen-bond donors (Lipinski definition) is 2. The van der Waals surface area contributed by atoms with E-state index in [0.29, 0.717) is 21.7 Å². The van der Waals surface area contributed by atoms with Gasteiger partial charge in [-0.15, -0.1) is 17.8 Å². The van der Waals surface area contributed by atoms with Gasteiger partial charge in [-0.25, -0.2) is 0 Å². The van der Waals surface area contributed by atoms with Crippen molar-refractivity contribution in [3.05, 3.63) is 88.1 Å². The molecule has 2 aromatic carbocycles. The summed E-state index contributed by atoms with van der Waals surface area (Å²) in [4.78, 5) is 25.8. The summed E-state index contributed by atoms with van der Waals surface area (Å²) >= 11 is 1.32. The Bertz CT molecular complexity index is 944. The second-order valence-electron chi connectivity index (χ2n) is 5.51. The van der Waals surface area contributed by atoms with Crippen LogP contribution in [0.4, 0.5) is 5.69 Å². The summed E-state index contributed by atoms with van der Waals surface area (Å²) in [5.41, 5.74) is 1.95. The molecule has 0 saturated carbocycles. The lowest BCUT2D eigenvalue weighted by molar-refractivity contribution is -0.118. The number of thiophene rings is 1. The number of benzene rings is 2. The van der Waals surface area contributed by atoms with Crippen LogP contribution in [0.3, 0.4) is 0 Å². The van der Waals surface area contributed by atoms with Crippen LogP contribution in [0.15, 0.2) is 72.1 Å². The van der Waals surface area contributed by atoms with E-state index >= 15 is 0 Å². The molecule has 1 heterocycles. The highest BCUT2D eigenvalue weighted by Gasteiger charge is 2.23. The normalized spacial score (nSPS) is 11.2. The number of rotatable bonds is 5. The number of nitrogens with one attached hydrogen (secondary N) is 2. The minimum absolute atomic E-state index is 0.290. The first-order chi connectivity index (χ1) is 12.7. The van der Waals surface area contributed by atoms with Crippen molar-refractivity contribution in [3.63, 3.8) is 0 Å². The van der Waals surface area contributed by atoms with E-state index in [1.165, 1.54) is 11.3 Å². The zero-order valence-corrected chi connectivity index (χ0v) is 14.6. The number of hydrogen-bond acceptors (Lipinski definition) is 3. The summed E-state index contributed by atoms with van der Waals surface area (Å²) in [6, 6.07) is 18.8. The van der Waals surface area contributed by atoms with Gasteiger partial charge in [0.2, 0.25) is 0 Å². The highest BCUT2D eigenvalue weighted by Crippen LogP contribution is 2.19. The Kier molecular flexibility index (Phi) is 5.47. The minimum atomic E-state index is -0.819. The Morgan fingerprint density at radius 3 is 2.50 bits per heavy atom. The minimum Gasteiger partial charge on any atom is -0.336 e. The molecule has 4 nitrogen and oxygen atoms in total. The van der Waals surface area contributed by atoms with Gasteiger partial charge in [0, 0.05) is 11.3 Å². The van der Waals surface area contributed by atoms with Gasteiger partial charge in [-0.1, -0.05) is 48.4 Å². The third-order valence-electron chi connectivity index (χ3n) is 3.71. The first-order valence-electron chi connectivity index (χ1n) is 7.94. The maximum Gasteiger partial charge on any atom is 0.262 e. The van der Waals surface area contributed by atoms with Gasteiger partial charge >= 0.3 is 0 Å². The lowest BCUT2D eigenvalue weighted by atomic mass is 10.1. The van der Waals surface area contributed by atoms with Gasteiger partial charge < -0.3 is 10.6 Å². The maximum atomic E-state index is 12.8. The zero-order valence-electron chi connectivity index (χ0n) is 13.8. The molecule has 0 radical (unpaired) electrons. The van der Waals surface area contributed by atoms with E-state index in [0.717, 1.165) is 0 Å². The van der Waals surface area contributed by atoms with Crippen LogP contribution in [0.5, 0.6) is 0 Å². The topological polar surface area (TPSA) is 58.2 Å². The van der Waals surface area contributed by atoms with Gasteiger partial charge in [0.05, 0.1) is 4.88 Å². The molecule has 0 fully saturated rings. The van der Waals surface area contributed by atoms with Gasteiger partial charge in [0.25, 0.3) is 11.8 Å². The largest absolute Gasteiger partial charge is 0.336 e. The van der Waals surface area contributed by atoms with Crippen molar-refractivity contribution in [2.75, 3.05) is 5.32 Å². The van der Waals surface area contributed by atoms with Gasteiger partial charge in [-0.2, -0.15) is 0 Å². The van der Waals surface area contributed by atoms with Crippen LogP contribution in [0.25, 0.3) is 0 Å². The van der Waals surface area contributed by atoms with Crippen LogP contribution < -0.4 is 10.6 Å². The predicted octanol–water partition coefficient (Wildman–Crippen LogP) is 3.84. The third-order valence-corrected chi connectivity index (χ3v) is 4.58. The fourth-order valence-electron chi connectivity index (χ4n) is 2.46. The molecule has 1 atom stereocenters. The molecule has 2 N–H and O–H groups in total. The van der Waals surface area contributed by atoms with E-state index in [1.807, 2.05) is 23.6 Å². The number of terminal acetylenes is 1. The second kappa shape index (κ2) is 8.15. The molecular formula is C21H16N2O2S. The van der Waals surface area contributed by atoms with Crippen LogP contribution in [0.1, 0.15) is 26.8 Å². The highest BCUT2D eigenvalue weighted by atomic mass is 32.1. The van der Waals surface area contributed by atoms with Crippen LogP contribution in [0.2, 0.25) is 0 Å². The molecule has 3 aromatic rings. The summed E-state index contributed by atoms with van der Waals surface area (Å²) in [6.45, 7) is 0. The van der Waals surface area contributed by atoms with Crippen LogP contribution in [-0.2, 0) is 4.79 Å². The van der Waals surface area contributed by atoms with Crippen LogP contribution in [0, 0.1) is 12.3 Å². The monoisotopic (exact) mass is 360 g/mol. The van der Waals surface area contributed by atoms with E-state index in [-0.39, 0.29) is 11.8 Å². The van der Waals surface area contributed by atoms with Crippen molar-refractivity contribution in [1.29, 1.82) is 0 Å². The number of anilines is 1. The molecule has 0 aliphatic carbocycles. The molecule has 0 bridgehead atoms. The van der Waals surface area contributed by atoms with Crippen molar-refractivity contribution >= 4 is 28.8 Å². The smallest absolute Gasteiger partial charge is 0.262 e. The number of carbonyl (C=O) groups is 2. The number of carbonyl (C=O) groups excluding carboxylic acids is 2. The molecule has 0 saturated heterocycles. The maximum absolute atomic E-state index is 12.8. The van der Waals surface area contributed by atoms with Crippen LogP contribution in [-0.4, -0.2) is 11.8 Å². The van der Waals surface area contributed by atoms with Gasteiger partial charge in [-0.3, -0.25) is 9.59 Å². The lowest BCUT2D eigenvalue weighted by Crippen LogP contribution is -2.36. The quantitative estimate of drug-likeness (QED) is 0.679. The highest BCUT2D eigenvalue weighted by molar-refractivity contribution is 7.12. The van der Waals surface area contributed by atoms with E-state index in [9.17, 15) is 9.59 Å². The van der Waals surface area contributed by atoms with Gasteiger partial charge in [0.15, 0.2) is 0 Å². The Hall–Kier alpha value is -3.36. The Morgan fingerprint density at radius 2 is 1.81 bits per heavy atom. The van der Waals surface area contributed by atoms with Crippen molar-refractivity contribution < 1.29 is 9.59 Å². The summed E-state index contributed by atoms with van der Waals surface area (Å²) in [5, 5.41) is 7.44. The van der Waals surface area contributed by atoms with Crippen molar-refractivity contribution in [1.82, 2.24) is 5.32 Å². The SMILES string of the molecule is C#Cc1cccc(NC(=O)C(NC(=O)c2cccs2)c2ccccc2)c1. The molecule has 1 aromatic heterocycles. The molecule has 128 valence electrons. The number of amides is 2. The molecule has 0 aliphatic heterocycles. The predicted molar refractivity (Wildman–Crippen MR) is 104 cm³/mol. The molecule has 5 heteroatoms. The average Bonchev–Trinajstić information content (AvgIpc) is 3.21. The molecule has 26 heavy (non-hydrogen) atoms. The molecule has 0 aliphatic rings. The first kappa shape index (κ1) is 17.5. The summed E-state index contributed by atoms with van der Waals surface area (Å²) in [6.07, 6.45) is 5.40. The summed E-state index contributed by atoms with van der Waals surface area (Å²) in [5.74, 6) is 1.90. The second-order valence-corrected chi connectivity index (χ2v) is 6.46. The third kappa shape index (κ3) is 4.18. The molecular weight excluding hydrogens is 344 g/mol. The molecule has 3 rings (SSSR count). The Balaban J connectivity index is 1.84. The van der Waals surface area contributed by atoms with Crippen LogP contribution >= 0.6 is 11.3 Å². The van der Waals surface area contributed by atoms with Gasteiger partial charge in [0.1, 0.15) is 6.04 Å². The van der Waals surface area contributed by atoms with E-state index in [2.05, 4.69) is 16.6 Å². The molecule has 1 unspecified atom stereocenters. The average molecular weight is 360 g/mol. The fourth-order valence-corrected chi connectivity index (χ4v) is 3.08. The summed E-state index contributed by atoms with van der Waals surface area (Å²) < 4.78 is 0. The van der Waals surface area contributed by atoms with Crippen molar-refractivity contribution in [2.24, 2.45) is 0 Å². The Morgan fingerprint density at radius 1 is 1.00 bits per heavy atom. The first-order valence-corrected chi connectivity index (χ1v) is 8.82. The van der Waals surface area contributed by atoms with Crippen molar-refractivity contribution in [2.45, 2.75) is 6.04 Å². The van der Waals surface area contributed by atoms with E-state index in [1.54, 1.807) is 48.5 Å². The van der Waals surface area contributed by atoms with Crippen molar-refractivity contribution in [3.8, 4) is 12.3 Å². The molecule has 2 amide bonds. The Labute approximate surface area is 155 Å². The van der Waals surface area contributed by atoms with E-state index < -0.39 is 6.04 Å². The fraction of sp³-hybridized carbons (Fsp3) is 0.0476. The van der Waals surface area contributed by atoms with E-state index in [4.69, 9.17) is 6.42 Å². The van der Waals surface area contributed by atoms with Gasteiger partial charge in [-0.05, 0) is 35.2 Å². The lowest BCUT2D eigenvalue weighted by Gasteiger charge is -2.18. The standard InChI is InChI=1S/C21H16N2O2S/c1-2-15-8-6-11-17(14-15)22-21(25)19(16-9-4-3-5-10-16)23-20(24)18-12-7-13-26-18/h1,3-14,19H,(H,22,25)(H,23,24). The zero-order chi connectivity index (χ0) is 18.4. The molecule has 0 spiro atoms.